The molecule has 1 aliphatic rings. The molecule has 0 spiro atoms. The fraction of sp³-hybridized carbons (Fsp3) is 0.417. The number of hydrogen-bond acceptors (Lipinski definition) is 3. The molecule has 0 radical (unpaired) electrons. The minimum atomic E-state index is -0.288. The van der Waals surface area contributed by atoms with E-state index in [2.05, 4.69) is 41.4 Å². The lowest BCUT2D eigenvalue weighted by molar-refractivity contribution is -0.129. The van der Waals surface area contributed by atoms with Gasteiger partial charge in [-0.15, -0.1) is 0 Å². The normalized spacial score (nSPS) is 17.4. The molecule has 2 amide bonds. The van der Waals surface area contributed by atoms with E-state index < -0.39 is 0 Å². The lowest BCUT2D eigenvalue weighted by atomic mass is 10.0. The maximum Gasteiger partial charge on any atom is 0.225 e. The summed E-state index contributed by atoms with van der Waals surface area (Å²) in [5.41, 5.74) is 3.52. The van der Waals surface area contributed by atoms with Gasteiger partial charge in [0.05, 0.1) is 12.0 Å². The van der Waals surface area contributed by atoms with Crippen molar-refractivity contribution in [1.29, 1.82) is 0 Å². The SMILES string of the molecule is Cc1ccc(CCN2CC(C(=O)NCC(c3ccc(Cl)cc3)N(C)C)CC2=O)cc1. The number of aryl methyl sites for hydroxylation is 1. The van der Waals surface area contributed by atoms with Crippen molar-refractivity contribution in [1.82, 2.24) is 15.1 Å². The van der Waals surface area contributed by atoms with Gasteiger partial charge in [0.25, 0.3) is 0 Å². The Labute approximate surface area is 184 Å². The van der Waals surface area contributed by atoms with Crippen LogP contribution in [0.25, 0.3) is 0 Å². The molecule has 2 aromatic carbocycles. The summed E-state index contributed by atoms with van der Waals surface area (Å²) in [4.78, 5) is 29.0. The Morgan fingerprint density at radius 3 is 2.47 bits per heavy atom. The second kappa shape index (κ2) is 10.1. The summed E-state index contributed by atoms with van der Waals surface area (Å²) in [7, 11) is 3.97. The van der Waals surface area contributed by atoms with Crippen LogP contribution in [0.3, 0.4) is 0 Å². The summed E-state index contributed by atoms with van der Waals surface area (Å²) in [5, 5.41) is 3.74. The first-order valence-corrected chi connectivity index (χ1v) is 10.7. The molecule has 2 aromatic rings. The number of amides is 2. The Balaban J connectivity index is 1.52. The highest BCUT2D eigenvalue weighted by Gasteiger charge is 2.34. The maximum atomic E-state index is 12.7. The summed E-state index contributed by atoms with van der Waals surface area (Å²) >= 11 is 5.99. The predicted molar refractivity (Wildman–Crippen MR) is 120 cm³/mol. The first kappa shape index (κ1) is 22.3. The summed E-state index contributed by atoms with van der Waals surface area (Å²) in [6.45, 7) is 3.69. The van der Waals surface area contributed by atoms with Gasteiger partial charge in [-0.3, -0.25) is 9.59 Å². The van der Waals surface area contributed by atoms with Gasteiger partial charge in [0.2, 0.25) is 11.8 Å². The molecule has 30 heavy (non-hydrogen) atoms. The highest BCUT2D eigenvalue weighted by molar-refractivity contribution is 6.30. The number of hydrogen-bond donors (Lipinski definition) is 1. The highest BCUT2D eigenvalue weighted by atomic mass is 35.5. The van der Waals surface area contributed by atoms with Crippen LogP contribution in [0.5, 0.6) is 0 Å². The van der Waals surface area contributed by atoms with Gasteiger partial charge in [-0.1, -0.05) is 53.6 Å². The maximum absolute atomic E-state index is 12.7. The van der Waals surface area contributed by atoms with E-state index in [4.69, 9.17) is 11.6 Å². The van der Waals surface area contributed by atoms with Crippen LogP contribution in [0.15, 0.2) is 48.5 Å². The predicted octanol–water partition coefficient (Wildman–Crippen LogP) is 3.46. The van der Waals surface area contributed by atoms with E-state index in [9.17, 15) is 9.59 Å². The minimum absolute atomic E-state index is 0.0426. The van der Waals surface area contributed by atoms with Crippen LogP contribution < -0.4 is 5.32 Å². The van der Waals surface area contributed by atoms with Crippen LogP contribution >= 0.6 is 11.6 Å². The first-order chi connectivity index (χ1) is 14.3. The summed E-state index contributed by atoms with van der Waals surface area (Å²) in [6.07, 6.45) is 1.09. The zero-order valence-corrected chi connectivity index (χ0v) is 18.7. The van der Waals surface area contributed by atoms with Crippen LogP contribution in [0.1, 0.15) is 29.2 Å². The molecule has 1 N–H and O–H groups in total. The summed E-state index contributed by atoms with van der Waals surface area (Å²) in [6, 6.07) is 16.1. The van der Waals surface area contributed by atoms with Gasteiger partial charge in [-0.2, -0.15) is 0 Å². The number of rotatable bonds is 8. The second-order valence-corrected chi connectivity index (χ2v) is 8.69. The summed E-state index contributed by atoms with van der Waals surface area (Å²) < 4.78 is 0. The van der Waals surface area contributed by atoms with Gasteiger partial charge in [-0.05, 0) is 50.7 Å². The van der Waals surface area contributed by atoms with Crippen LogP contribution in [0.2, 0.25) is 5.02 Å². The molecule has 0 bridgehead atoms. The summed E-state index contributed by atoms with van der Waals surface area (Å²) in [5.74, 6) is -0.283. The standard InChI is InChI=1S/C24H30ClN3O2/c1-17-4-6-18(7-5-17)12-13-28-16-20(14-23(28)29)24(30)26-15-22(27(2)3)19-8-10-21(25)11-9-19/h4-11,20,22H,12-16H2,1-3H3,(H,26,30). The van der Waals surface area contributed by atoms with Crippen molar-refractivity contribution in [2.24, 2.45) is 5.92 Å². The third-order valence-electron chi connectivity index (χ3n) is 5.72. The molecule has 2 atom stereocenters. The monoisotopic (exact) mass is 427 g/mol. The zero-order chi connectivity index (χ0) is 21.7. The van der Waals surface area contributed by atoms with Crippen molar-refractivity contribution in [2.75, 3.05) is 33.7 Å². The first-order valence-electron chi connectivity index (χ1n) is 10.4. The number of nitrogens with one attached hydrogen (secondary N) is 1. The molecule has 0 aliphatic carbocycles. The fourth-order valence-electron chi connectivity index (χ4n) is 3.81. The second-order valence-electron chi connectivity index (χ2n) is 8.25. The van der Waals surface area contributed by atoms with Gasteiger partial charge in [0.1, 0.15) is 0 Å². The third-order valence-corrected chi connectivity index (χ3v) is 5.98. The third kappa shape index (κ3) is 5.83. The van der Waals surface area contributed by atoms with E-state index in [1.807, 2.05) is 43.3 Å². The molecule has 0 saturated carbocycles. The molecule has 5 nitrogen and oxygen atoms in total. The molecule has 1 saturated heterocycles. The minimum Gasteiger partial charge on any atom is -0.354 e. The van der Waals surface area contributed by atoms with Gasteiger partial charge in [0, 0.05) is 31.1 Å². The molecular formula is C24H30ClN3O2. The largest absolute Gasteiger partial charge is 0.354 e. The number of halogens is 1. The number of carbonyl (C=O) groups is 2. The Morgan fingerprint density at radius 2 is 1.83 bits per heavy atom. The highest BCUT2D eigenvalue weighted by Crippen LogP contribution is 2.22. The van der Waals surface area contributed by atoms with Crippen molar-refractivity contribution in [2.45, 2.75) is 25.8 Å². The molecule has 0 aromatic heterocycles. The van der Waals surface area contributed by atoms with Crippen molar-refractivity contribution >= 4 is 23.4 Å². The smallest absolute Gasteiger partial charge is 0.225 e. The van der Waals surface area contributed by atoms with Crippen molar-refractivity contribution in [3.05, 3.63) is 70.2 Å². The lowest BCUT2D eigenvalue weighted by Crippen LogP contribution is -2.38. The number of likely N-dealkylation sites (N-methyl/N-ethyl adjacent to an activating group) is 1. The van der Waals surface area contributed by atoms with Crippen LogP contribution in [-0.2, 0) is 16.0 Å². The van der Waals surface area contributed by atoms with Crippen molar-refractivity contribution < 1.29 is 9.59 Å². The number of nitrogens with zero attached hydrogens (tertiary/aromatic N) is 2. The average molecular weight is 428 g/mol. The molecule has 1 aliphatic heterocycles. The van der Waals surface area contributed by atoms with E-state index >= 15 is 0 Å². The van der Waals surface area contributed by atoms with Gasteiger partial charge in [-0.25, -0.2) is 0 Å². The Morgan fingerprint density at radius 1 is 1.17 bits per heavy atom. The molecule has 3 rings (SSSR count). The molecular weight excluding hydrogens is 398 g/mol. The molecule has 160 valence electrons. The fourth-order valence-corrected chi connectivity index (χ4v) is 3.93. The van der Waals surface area contributed by atoms with E-state index in [0.717, 1.165) is 12.0 Å². The van der Waals surface area contributed by atoms with Gasteiger partial charge in [0.15, 0.2) is 0 Å². The van der Waals surface area contributed by atoms with Crippen molar-refractivity contribution in [3.8, 4) is 0 Å². The van der Waals surface area contributed by atoms with Crippen LogP contribution in [0, 0.1) is 12.8 Å². The van der Waals surface area contributed by atoms with Crippen LogP contribution in [0.4, 0.5) is 0 Å². The van der Waals surface area contributed by atoms with Gasteiger partial charge >= 0.3 is 0 Å². The molecule has 6 heteroatoms. The molecule has 1 fully saturated rings. The Kier molecular flexibility index (Phi) is 7.51. The van der Waals surface area contributed by atoms with E-state index in [1.54, 1.807) is 0 Å². The molecule has 1 heterocycles. The van der Waals surface area contributed by atoms with E-state index in [-0.39, 0.29) is 30.2 Å². The Hall–Kier alpha value is -2.37. The lowest BCUT2D eigenvalue weighted by Gasteiger charge is -2.26. The van der Waals surface area contributed by atoms with Crippen LogP contribution in [-0.4, -0.2) is 55.3 Å². The van der Waals surface area contributed by atoms with E-state index in [1.165, 1.54) is 11.1 Å². The zero-order valence-electron chi connectivity index (χ0n) is 17.9. The van der Waals surface area contributed by atoms with Gasteiger partial charge < -0.3 is 15.1 Å². The van der Waals surface area contributed by atoms with Crippen molar-refractivity contribution in [3.63, 3.8) is 0 Å². The molecule has 2 unspecified atom stereocenters. The number of likely N-dealkylation sites (tertiary alicyclic amines) is 1. The topological polar surface area (TPSA) is 52.7 Å². The quantitative estimate of drug-likeness (QED) is 0.701. The average Bonchev–Trinajstić information content (AvgIpc) is 3.09. The number of benzene rings is 2. The van der Waals surface area contributed by atoms with E-state index in [0.29, 0.717) is 24.7 Å². The Bertz CT molecular complexity index is 865. The number of carbonyl (C=O) groups excluding carboxylic acids is 2.